The van der Waals surface area contributed by atoms with Crippen molar-refractivity contribution in [3.05, 3.63) is 0 Å². The summed E-state index contributed by atoms with van der Waals surface area (Å²) in [7, 11) is 0. The van der Waals surface area contributed by atoms with Crippen LogP contribution < -0.4 is 0 Å². The first-order valence-electron chi connectivity index (χ1n) is 4.52. The van der Waals surface area contributed by atoms with E-state index in [2.05, 4.69) is 0 Å². The molecular weight excluding hydrogens is 156 g/mol. The summed E-state index contributed by atoms with van der Waals surface area (Å²) in [5.74, 6) is -0.737. The maximum atomic E-state index is 10.6. The molecular formula is C9H16O3. The molecule has 0 radical (unpaired) electrons. The second kappa shape index (κ2) is 3.90. The first-order valence-corrected chi connectivity index (χ1v) is 4.52. The van der Waals surface area contributed by atoms with Gasteiger partial charge in [-0.05, 0) is 32.1 Å². The van der Waals surface area contributed by atoms with Gasteiger partial charge in [0.15, 0.2) is 0 Å². The average Bonchev–Trinajstić information content (AvgIpc) is 2.04. The molecule has 70 valence electrons. The summed E-state index contributed by atoms with van der Waals surface area (Å²) in [6.45, 7) is 1.74. The lowest BCUT2D eigenvalue weighted by Gasteiger charge is -2.28. The van der Waals surface area contributed by atoms with Crippen molar-refractivity contribution in [2.24, 2.45) is 11.8 Å². The summed E-state index contributed by atoms with van der Waals surface area (Å²) in [4.78, 5) is 10.6. The van der Waals surface area contributed by atoms with Crippen LogP contribution in [0.1, 0.15) is 32.6 Å². The fourth-order valence-corrected chi connectivity index (χ4v) is 1.89. The minimum Gasteiger partial charge on any atom is -0.481 e. The van der Waals surface area contributed by atoms with Gasteiger partial charge in [0.2, 0.25) is 0 Å². The van der Waals surface area contributed by atoms with E-state index in [4.69, 9.17) is 5.11 Å². The van der Waals surface area contributed by atoms with Crippen molar-refractivity contribution in [1.29, 1.82) is 0 Å². The fourth-order valence-electron chi connectivity index (χ4n) is 1.89. The highest BCUT2D eigenvalue weighted by molar-refractivity contribution is 5.70. The smallest absolute Gasteiger partial charge is 0.306 e. The predicted octanol–water partition coefficient (Wildman–Crippen LogP) is 1.26. The minimum absolute atomic E-state index is 0.194. The van der Waals surface area contributed by atoms with Crippen LogP contribution in [-0.4, -0.2) is 22.3 Å². The number of hydrogen-bond donors (Lipinski definition) is 2. The van der Waals surface area contributed by atoms with Gasteiger partial charge in [-0.15, -0.1) is 0 Å². The van der Waals surface area contributed by atoms with Crippen molar-refractivity contribution < 1.29 is 15.0 Å². The lowest BCUT2D eigenvalue weighted by molar-refractivity contribution is -0.143. The number of hydrogen-bond acceptors (Lipinski definition) is 2. The highest BCUT2D eigenvalue weighted by Gasteiger charge is 2.28. The molecule has 1 aliphatic rings. The van der Waals surface area contributed by atoms with Crippen LogP contribution in [0.4, 0.5) is 0 Å². The number of carboxylic acids is 1. The first kappa shape index (κ1) is 9.52. The standard InChI is InChI=1S/C9H16O3/c1-6(10)7-3-2-4-8(5-7)9(11)12/h6-8,10H,2-5H2,1H3,(H,11,12). The van der Waals surface area contributed by atoms with Gasteiger partial charge in [-0.3, -0.25) is 4.79 Å². The van der Waals surface area contributed by atoms with Crippen molar-refractivity contribution in [1.82, 2.24) is 0 Å². The molecule has 1 saturated carbocycles. The molecule has 0 bridgehead atoms. The molecule has 0 aromatic rings. The molecule has 0 amide bonds. The van der Waals surface area contributed by atoms with Crippen LogP contribution >= 0.6 is 0 Å². The molecule has 12 heavy (non-hydrogen) atoms. The average molecular weight is 172 g/mol. The molecule has 3 heteroatoms. The number of aliphatic carboxylic acids is 1. The topological polar surface area (TPSA) is 57.5 Å². The van der Waals surface area contributed by atoms with E-state index in [0.29, 0.717) is 6.42 Å². The Balaban J connectivity index is 2.46. The highest BCUT2D eigenvalue weighted by Crippen LogP contribution is 2.31. The summed E-state index contributed by atoms with van der Waals surface area (Å²) in [5.41, 5.74) is 0. The van der Waals surface area contributed by atoms with Gasteiger partial charge in [0.1, 0.15) is 0 Å². The maximum Gasteiger partial charge on any atom is 0.306 e. The van der Waals surface area contributed by atoms with Gasteiger partial charge in [-0.25, -0.2) is 0 Å². The molecule has 0 spiro atoms. The summed E-state index contributed by atoms with van der Waals surface area (Å²) in [6.07, 6.45) is 2.98. The lowest BCUT2D eigenvalue weighted by atomic mass is 9.79. The van der Waals surface area contributed by atoms with Crippen LogP contribution in [0.15, 0.2) is 0 Å². The second-order valence-corrected chi connectivity index (χ2v) is 3.70. The summed E-state index contributed by atoms with van der Waals surface area (Å²) < 4.78 is 0. The monoisotopic (exact) mass is 172 g/mol. The molecule has 3 unspecified atom stereocenters. The van der Waals surface area contributed by atoms with Gasteiger partial charge in [-0.1, -0.05) is 6.42 Å². The van der Waals surface area contributed by atoms with Gasteiger partial charge >= 0.3 is 5.97 Å². The largest absolute Gasteiger partial charge is 0.481 e. The molecule has 1 fully saturated rings. The van der Waals surface area contributed by atoms with Gasteiger partial charge in [-0.2, -0.15) is 0 Å². The zero-order chi connectivity index (χ0) is 9.14. The molecule has 0 aromatic heterocycles. The quantitative estimate of drug-likeness (QED) is 0.659. The number of rotatable bonds is 2. The normalized spacial score (nSPS) is 32.8. The third-order valence-electron chi connectivity index (χ3n) is 2.75. The SMILES string of the molecule is CC(O)C1CCCC(C(=O)O)C1. The van der Waals surface area contributed by atoms with E-state index in [9.17, 15) is 9.90 Å². The van der Waals surface area contributed by atoms with Gasteiger partial charge in [0.05, 0.1) is 12.0 Å². The van der Waals surface area contributed by atoms with Gasteiger partial charge < -0.3 is 10.2 Å². The van der Waals surface area contributed by atoms with Gasteiger partial charge in [0.25, 0.3) is 0 Å². The second-order valence-electron chi connectivity index (χ2n) is 3.70. The van der Waals surface area contributed by atoms with Gasteiger partial charge in [0, 0.05) is 0 Å². The zero-order valence-corrected chi connectivity index (χ0v) is 7.36. The van der Waals surface area contributed by atoms with Crippen LogP contribution in [0, 0.1) is 11.8 Å². The fraction of sp³-hybridized carbons (Fsp3) is 0.889. The van der Waals surface area contributed by atoms with Crippen LogP contribution in [0.3, 0.4) is 0 Å². The van der Waals surface area contributed by atoms with Crippen LogP contribution in [0.25, 0.3) is 0 Å². The summed E-state index contributed by atoms with van der Waals surface area (Å²) >= 11 is 0. The lowest BCUT2D eigenvalue weighted by Crippen LogP contribution is -2.28. The van der Waals surface area contributed by atoms with Crippen molar-refractivity contribution in [2.75, 3.05) is 0 Å². The summed E-state index contributed by atoms with van der Waals surface area (Å²) in [6, 6.07) is 0. The first-order chi connectivity index (χ1) is 5.61. The van der Waals surface area contributed by atoms with Crippen molar-refractivity contribution >= 4 is 5.97 Å². The molecule has 0 aliphatic heterocycles. The molecule has 1 rings (SSSR count). The van der Waals surface area contributed by atoms with Crippen LogP contribution in [0.5, 0.6) is 0 Å². The van der Waals surface area contributed by atoms with Crippen LogP contribution in [0.2, 0.25) is 0 Å². The number of carboxylic acid groups (broad SMARTS) is 1. The van der Waals surface area contributed by atoms with E-state index in [1.54, 1.807) is 6.92 Å². The van der Waals surface area contributed by atoms with E-state index in [-0.39, 0.29) is 17.9 Å². The number of aliphatic hydroxyl groups is 1. The Hall–Kier alpha value is -0.570. The maximum absolute atomic E-state index is 10.6. The van der Waals surface area contributed by atoms with Crippen LogP contribution in [-0.2, 0) is 4.79 Å². The summed E-state index contributed by atoms with van der Waals surface area (Å²) in [5, 5.41) is 18.0. The minimum atomic E-state index is -0.708. The molecule has 0 aromatic carbocycles. The van der Waals surface area contributed by atoms with Crippen molar-refractivity contribution in [2.45, 2.75) is 38.7 Å². The van der Waals surface area contributed by atoms with E-state index >= 15 is 0 Å². The Morgan fingerprint density at radius 1 is 1.50 bits per heavy atom. The Morgan fingerprint density at radius 3 is 2.67 bits per heavy atom. The Labute approximate surface area is 72.4 Å². The molecule has 1 aliphatic carbocycles. The Bertz CT molecular complexity index is 165. The molecule has 0 heterocycles. The van der Waals surface area contributed by atoms with E-state index in [0.717, 1.165) is 19.3 Å². The Kier molecular flexibility index (Phi) is 3.09. The predicted molar refractivity (Wildman–Crippen MR) is 44.8 cm³/mol. The zero-order valence-electron chi connectivity index (χ0n) is 7.36. The van der Waals surface area contributed by atoms with E-state index in [1.165, 1.54) is 0 Å². The third-order valence-corrected chi connectivity index (χ3v) is 2.75. The van der Waals surface area contributed by atoms with E-state index in [1.807, 2.05) is 0 Å². The van der Waals surface area contributed by atoms with E-state index < -0.39 is 5.97 Å². The third kappa shape index (κ3) is 2.21. The molecule has 2 N–H and O–H groups in total. The molecule has 3 nitrogen and oxygen atoms in total. The highest BCUT2D eigenvalue weighted by atomic mass is 16.4. The number of aliphatic hydroxyl groups excluding tert-OH is 1. The number of carbonyl (C=O) groups is 1. The molecule has 3 atom stereocenters. The van der Waals surface area contributed by atoms with Crippen molar-refractivity contribution in [3.63, 3.8) is 0 Å². The molecule has 0 saturated heterocycles. The Morgan fingerprint density at radius 2 is 2.17 bits per heavy atom. The van der Waals surface area contributed by atoms with Crippen molar-refractivity contribution in [3.8, 4) is 0 Å².